The zero-order valence-electron chi connectivity index (χ0n) is 13.8. The quantitative estimate of drug-likeness (QED) is 0.713. The summed E-state index contributed by atoms with van der Waals surface area (Å²) in [6, 6.07) is 22.4. The second-order valence-electron chi connectivity index (χ2n) is 5.52. The van der Waals surface area contributed by atoms with E-state index in [9.17, 15) is 4.79 Å². The summed E-state index contributed by atoms with van der Waals surface area (Å²) in [7, 11) is 1.53. The van der Waals surface area contributed by atoms with E-state index >= 15 is 0 Å². The molecule has 0 bridgehead atoms. The van der Waals surface area contributed by atoms with E-state index < -0.39 is 5.97 Å². The van der Waals surface area contributed by atoms with Crippen molar-refractivity contribution in [2.75, 3.05) is 7.11 Å². The Morgan fingerprint density at radius 2 is 1.76 bits per heavy atom. The molecule has 3 rings (SSSR count). The molecular weight excluding hydrogens is 316 g/mol. The molecule has 0 aliphatic heterocycles. The van der Waals surface area contributed by atoms with Crippen LogP contribution in [-0.2, 0) is 6.61 Å². The number of carboxylic acids is 1. The average molecular weight is 334 g/mol. The molecule has 25 heavy (non-hydrogen) atoms. The maximum atomic E-state index is 11.1. The molecule has 0 fully saturated rings. The number of carbonyl (C=O) groups is 1. The predicted octanol–water partition coefficient (Wildman–Crippen LogP) is 4.64. The van der Waals surface area contributed by atoms with E-state index in [1.807, 2.05) is 54.6 Å². The SMILES string of the molecule is COc1cc(C(=O)O)ccc1-c1cccc(OCc2ccccc2)c1. The van der Waals surface area contributed by atoms with Gasteiger partial charge in [-0.05, 0) is 41.5 Å². The van der Waals surface area contributed by atoms with Gasteiger partial charge in [-0.1, -0.05) is 42.5 Å². The number of rotatable bonds is 6. The Balaban J connectivity index is 1.85. The Labute approximate surface area is 146 Å². The number of methoxy groups -OCH3 is 1. The van der Waals surface area contributed by atoms with Gasteiger partial charge < -0.3 is 14.6 Å². The fourth-order valence-corrected chi connectivity index (χ4v) is 2.56. The van der Waals surface area contributed by atoms with Crippen molar-refractivity contribution in [2.45, 2.75) is 6.61 Å². The smallest absolute Gasteiger partial charge is 0.335 e. The standard InChI is InChI=1S/C21H18O4/c1-24-20-13-17(21(22)23)10-11-19(20)16-8-5-9-18(12-16)25-14-15-6-3-2-4-7-15/h2-13H,14H2,1H3,(H,22,23). The first kappa shape index (κ1) is 16.6. The molecule has 1 N–H and O–H groups in total. The summed E-state index contributed by atoms with van der Waals surface area (Å²) in [6.07, 6.45) is 0. The Morgan fingerprint density at radius 3 is 2.48 bits per heavy atom. The first-order valence-electron chi connectivity index (χ1n) is 7.86. The number of carboxylic acid groups (broad SMARTS) is 1. The van der Waals surface area contributed by atoms with Gasteiger partial charge in [0, 0.05) is 5.56 Å². The minimum atomic E-state index is -0.982. The molecule has 0 saturated heterocycles. The first-order valence-corrected chi connectivity index (χ1v) is 7.86. The van der Waals surface area contributed by atoms with Gasteiger partial charge in [0.2, 0.25) is 0 Å². The summed E-state index contributed by atoms with van der Waals surface area (Å²) in [4.78, 5) is 11.1. The Morgan fingerprint density at radius 1 is 0.960 bits per heavy atom. The van der Waals surface area contributed by atoms with Crippen molar-refractivity contribution < 1.29 is 19.4 Å². The summed E-state index contributed by atoms with van der Waals surface area (Å²) in [6.45, 7) is 0.485. The van der Waals surface area contributed by atoms with Crippen LogP contribution in [0.1, 0.15) is 15.9 Å². The molecule has 0 radical (unpaired) electrons. The summed E-state index contributed by atoms with van der Waals surface area (Å²) in [5.41, 5.74) is 3.00. The summed E-state index contributed by atoms with van der Waals surface area (Å²) >= 11 is 0. The van der Waals surface area contributed by atoms with E-state index in [1.165, 1.54) is 13.2 Å². The second-order valence-corrected chi connectivity index (χ2v) is 5.52. The molecule has 126 valence electrons. The largest absolute Gasteiger partial charge is 0.496 e. The highest BCUT2D eigenvalue weighted by Gasteiger charge is 2.11. The lowest BCUT2D eigenvalue weighted by Crippen LogP contribution is -1.98. The lowest BCUT2D eigenvalue weighted by Gasteiger charge is -2.12. The van der Waals surface area contributed by atoms with Crippen LogP contribution >= 0.6 is 0 Å². The zero-order valence-corrected chi connectivity index (χ0v) is 13.8. The highest BCUT2D eigenvalue weighted by molar-refractivity contribution is 5.89. The van der Waals surface area contributed by atoms with Gasteiger partial charge in [0.25, 0.3) is 0 Å². The molecule has 0 amide bonds. The van der Waals surface area contributed by atoms with Crippen LogP contribution in [0.5, 0.6) is 11.5 Å². The lowest BCUT2D eigenvalue weighted by atomic mass is 10.0. The van der Waals surface area contributed by atoms with Crippen LogP contribution in [0.2, 0.25) is 0 Å². The number of ether oxygens (including phenoxy) is 2. The van der Waals surface area contributed by atoms with Crippen LogP contribution in [0.25, 0.3) is 11.1 Å². The Bertz CT molecular complexity index is 872. The van der Waals surface area contributed by atoms with E-state index in [4.69, 9.17) is 14.6 Å². The van der Waals surface area contributed by atoms with Gasteiger partial charge in [-0.2, -0.15) is 0 Å². The van der Waals surface area contributed by atoms with E-state index in [2.05, 4.69) is 0 Å². The maximum absolute atomic E-state index is 11.1. The molecular formula is C21H18O4. The number of aromatic carboxylic acids is 1. The van der Waals surface area contributed by atoms with Crippen molar-refractivity contribution in [3.8, 4) is 22.6 Å². The molecule has 3 aromatic carbocycles. The van der Waals surface area contributed by atoms with E-state index in [1.54, 1.807) is 12.1 Å². The normalized spacial score (nSPS) is 10.3. The molecule has 0 aromatic heterocycles. The summed E-state index contributed by atoms with van der Waals surface area (Å²) in [5, 5.41) is 9.11. The Hall–Kier alpha value is -3.27. The highest BCUT2D eigenvalue weighted by Crippen LogP contribution is 2.33. The topological polar surface area (TPSA) is 55.8 Å². The van der Waals surface area contributed by atoms with Crippen LogP contribution in [-0.4, -0.2) is 18.2 Å². The van der Waals surface area contributed by atoms with E-state index in [0.717, 1.165) is 22.4 Å². The van der Waals surface area contributed by atoms with Gasteiger partial charge in [0.1, 0.15) is 18.1 Å². The Kier molecular flexibility index (Phi) is 5.00. The number of hydrogen-bond donors (Lipinski definition) is 1. The van der Waals surface area contributed by atoms with Crippen LogP contribution in [0, 0.1) is 0 Å². The van der Waals surface area contributed by atoms with Crippen molar-refractivity contribution in [1.29, 1.82) is 0 Å². The molecule has 0 aliphatic rings. The average Bonchev–Trinajstić information content (AvgIpc) is 2.67. The molecule has 0 saturated carbocycles. The summed E-state index contributed by atoms with van der Waals surface area (Å²) in [5.74, 6) is 0.274. The van der Waals surface area contributed by atoms with Crippen molar-refractivity contribution in [3.05, 3.63) is 83.9 Å². The van der Waals surface area contributed by atoms with Crippen LogP contribution < -0.4 is 9.47 Å². The second kappa shape index (κ2) is 7.53. The summed E-state index contributed by atoms with van der Waals surface area (Å²) < 4.78 is 11.2. The highest BCUT2D eigenvalue weighted by atomic mass is 16.5. The third-order valence-corrected chi connectivity index (χ3v) is 3.84. The predicted molar refractivity (Wildman–Crippen MR) is 96.2 cm³/mol. The van der Waals surface area contributed by atoms with Crippen molar-refractivity contribution in [2.24, 2.45) is 0 Å². The first-order chi connectivity index (χ1) is 12.2. The van der Waals surface area contributed by atoms with Gasteiger partial charge in [-0.25, -0.2) is 4.79 Å². The third kappa shape index (κ3) is 3.98. The number of benzene rings is 3. The lowest BCUT2D eigenvalue weighted by molar-refractivity contribution is 0.0696. The van der Waals surface area contributed by atoms with Gasteiger partial charge in [0.15, 0.2) is 0 Å². The molecule has 0 unspecified atom stereocenters. The van der Waals surface area contributed by atoms with Gasteiger partial charge in [-0.3, -0.25) is 0 Å². The van der Waals surface area contributed by atoms with Crippen LogP contribution in [0.3, 0.4) is 0 Å². The van der Waals surface area contributed by atoms with Crippen molar-refractivity contribution >= 4 is 5.97 Å². The van der Waals surface area contributed by atoms with E-state index in [0.29, 0.717) is 12.4 Å². The molecule has 0 heterocycles. The monoisotopic (exact) mass is 334 g/mol. The van der Waals surface area contributed by atoms with Gasteiger partial charge in [0.05, 0.1) is 12.7 Å². The van der Waals surface area contributed by atoms with Crippen molar-refractivity contribution in [3.63, 3.8) is 0 Å². The van der Waals surface area contributed by atoms with Gasteiger partial charge >= 0.3 is 5.97 Å². The third-order valence-electron chi connectivity index (χ3n) is 3.84. The minimum absolute atomic E-state index is 0.192. The maximum Gasteiger partial charge on any atom is 0.335 e. The zero-order chi connectivity index (χ0) is 17.6. The number of hydrogen-bond acceptors (Lipinski definition) is 3. The van der Waals surface area contributed by atoms with E-state index in [-0.39, 0.29) is 5.56 Å². The van der Waals surface area contributed by atoms with Gasteiger partial charge in [-0.15, -0.1) is 0 Å². The molecule has 4 nitrogen and oxygen atoms in total. The fraction of sp³-hybridized carbons (Fsp3) is 0.0952. The minimum Gasteiger partial charge on any atom is -0.496 e. The van der Waals surface area contributed by atoms with Crippen LogP contribution in [0.15, 0.2) is 72.8 Å². The fourth-order valence-electron chi connectivity index (χ4n) is 2.56. The molecule has 3 aromatic rings. The molecule has 0 atom stereocenters. The molecule has 0 spiro atoms. The van der Waals surface area contributed by atoms with Crippen molar-refractivity contribution in [1.82, 2.24) is 0 Å². The van der Waals surface area contributed by atoms with Crippen LogP contribution in [0.4, 0.5) is 0 Å². The molecule has 0 aliphatic carbocycles. The molecule has 4 heteroatoms.